The second-order valence-electron chi connectivity index (χ2n) is 10.0. The van der Waals surface area contributed by atoms with Gasteiger partial charge < -0.3 is 40.4 Å². The molecular formula is C22H34FN5O8. The zero-order valence-electron chi connectivity index (χ0n) is 20.5. The number of fused-ring (bicyclic) bond motifs is 1. The van der Waals surface area contributed by atoms with E-state index in [2.05, 4.69) is 12.2 Å². The number of alkyl halides is 1. The Morgan fingerprint density at radius 1 is 1.08 bits per heavy atom. The van der Waals surface area contributed by atoms with E-state index in [0.717, 1.165) is 25.9 Å². The third-order valence-electron chi connectivity index (χ3n) is 6.85. The van der Waals surface area contributed by atoms with Gasteiger partial charge in [-0.3, -0.25) is 4.79 Å². The largest absolute Gasteiger partial charge is 0.479 e. The fourth-order valence-electron chi connectivity index (χ4n) is 5.07. The first-order chi connectivity index (χ1) is 16.7. The first-order valence-electron chi connectivity index (χ1n) is 11.5. The fourth-order valence-corrected chi connectivity index (χ4v) is 5.07. The Morgan fingerprint density at radius 2 is 1.58 bits per heavy atom. The number of nitrogens with one attached hydrogen (secondary N) is 1. The van der Waals surface area contributed by atoms with Gasteiger partial charge in [0.25, 0.3) is 0 Å². The highest BCUT2D eigenvalue weighted by atomic mass is 19.1. The zero-order valence-corrected chi connectivity index (χ0v) is 20.5. The average Bonchev–Trinajstić information content (AvgIpc) is 3.46. The number of nitriles is 1. The number of carboxylic acids is 2. The van der Waals surface area contributed by atoms with E-state index in [4.69, 9.17) is 25.7 Å². The van der Waals surface area contributed by atoms with Gasteiger partial charge in [-0.25, -0.2) is 18.8 Å². The summed E-state index contributed by atoms with van der Waals surface area (Å²) in [4.78, 5) is 48.9. The Morgan fingerprint density at radius 3 is 2.00 bits per heavy atom. The molecule has 3 aliphatic rings. The lowest BCUT2D eigenvalue weighted by atomic mass is 9.98. The van der Waals surface area contributed by atoms with Gasteiger partial charge in [-0.2, -0.15) is 5.26 Å². The SMILES string of the molecule is CN(C)C(=O)N1C[C@@H]2CC(C)(NCC(=O)N3C[C@@H](F)C[C@H]3C#N)C[C@@H]2C1.O=C(O)C(O)C(O)C(=O)O. The molecule has 36 heavy (non-hydrogen) atoms. The highest BCUT2D eigenvalue weighted by molar-refractivity contribution is 5.83. The van der Waals surface area contributed by atoms with E-state index in [1.165, 1.54) is 4.90 Å². The van der Waals surface area contributed by atoms with Crippen LogP contribution in [0.25, 0.3) is 0 Å². The van der Waals surface area contributed by atoms with Crippen LogP contribution in [-0.4, -0.2) is 129 Å². The van der Waals surface area contributed by atoms with E-state index in [1.54, 1.807) is 19.0 Å². The molecule has 2 heterocycles. The number of carboxylic acid groups (broad SMARTS) is 2. The number of amides is 3. The van der Waals surface area contributed by atoms with E-state index in [9.17, 15) is 23.6 Å². The zero-order chi connectivity index (χ0) is 27.4. The molecule has 1 saturated carbocycles. The highest BCUT2D eigenvalue weighted by Crippen LogP contribution is 2.43. The van der Waals surface area contributed by atoms with Crippen molar-refractivity contribution in [2.75, 3.05) is 40.3 Å². The molecule has 2 aliphatic heterocycles. The summed E-state index contributed by atoms with van der Waals surface area (Å²) < 4.78 is 13.5. The lowest BCUT2D eigenvalue weighted by Gasteiger charge is -2.30. The van der Waals surface area contributed by atoms with E-state index in [1.807, 2.05) is 11.0 Å². The lowest BCUT2D eigenvalue weighted by Crippen LogP contribution is -2.49. The van der Waals surface area contributed by atoms with Crippen molar-refractivity contribution in [2.24, 2.45) is 11.8 Å². The van der Waals surface area contributed by atoms with Crippen LogP contribution in [0, 0.1) is 23.2 Å². The van der Waals surface area contributed by atoms with E-state index in [0.29, 0.717) is 11.8 Å². The number of nitrogens with zero attached hydrogens (tertiary/aromatic N) is 4. The number of rotatable bonds is 6. The Kier molecular flexibility index (Phi) is 9.58. The van der Waals surface area contributed by atoms with Crippen molar-refractivity contribution in [3.63, 3.8) is 0 Å². The second kappa shape index (κ2) is 11.8. The number of hydrogen-bond acceptors (Lipinski definition) is 8. The molecule has 0 aromatic rings. The van der Waals surface area contributed by atoms with E-state index in [-0.39, 0.29) is 37.0 Å². The van der Waals surface area contributed by atoms with Gasteiger partial charge in [0.05, 0.1) is 19.2 Å². The van der Waals surface area contributed by atoms with E-state index < -0.39 is 36.4 Å². The summed E-state index contributed by atoms with van der Waals surface area (Å²) in [6.07, 6.45) is -3.70. The van der Waals surface area contributed by atoms with Gasteiger partial charge in [0.1, 0.15) is 12.2 Å². The smallest absolute Gasteiger partial charge is 0.335 e. The van der Waals surface area contributed by atoms with Crippen LogP contribution in [0.2, 0.25) is 0 Å². The monoisotopic (exact) mass is 515 g/mol. The predicted octanol–water partition coefficient (Wildman–Crippen LogP) is -1.30. The van der Waals surface area contributed by atoms with Crippen molar-refractivity contribution in [1.29, 1.82) is 5.26 Å². The molecule has 0 spiro atoms. The van der Waals surface area contributed by atoms with Crippen LogP contribution in [-0.2, 0) is 14.4 Å². The molecule has 202 valence electrons. The molecule has 0 aromatic heterocycles. The molecule has 3 rings (SSSR count). The molecule has 1 aliphatic carbocycles. The maximum Gasteiger partial charge on any atom is 0.335 e. The molecular weight excluding hydrogens is 481 g/mol. The topological polar surface area (TPSA) is 195 Å². The van der Waals surface area contributed by atoms with Gasteiger partial charge in [-0.05, 0) is 31.6 Å². The Balaban J connectivity index is 0.000000388. The maximum atomic E-state index is 13.5. The van der Waals surface area contributed by atoms with Gasteiger partial charge in [0, 0.05) is 39.1 Å². The molecule has 2 saturated heterocycles. The second-order valence-corrected chi connectivity index (χ2v) is 10.0. The van der Waals surface area contributed by atoms with Crippen LogP contribution in [0.5, 0.6) is 0 Å². The number of carbonyl (C=O) groups is 4. The van der Waals surface area contributed by atoms with Crippen LogP contribution in [0.1, 0.15) is 26.2 Å². The number of aliphatic hydroxyl groups excluding tert-OH is 2. The molecule has 5 N–H and O–H groups in total. The van der Waals surface area contributed by atoms with Gasteiger partial charge in [0.15, 0.2) is 12.2 Å². The minimum absolute atomic E-state index is 0.0162. The van der Waals surface area contributed by atoms with Crippen molar-refractivity contribution in [1.82, 2.24) is 20.0 Å². The summed E-state index contributed by atoms with van der Waals surface area (Å²) >= 11 is 0. The maximum absolute atomic E-state index is 13.5. The summed E-state index contributed by atoms with van der Waals surface area (Å²) in [6, 6.07) is 1.42. The number of halogens is 1. The number of carbonyl (C=O) groups excluding carboxylic acids is 2. The van der Waals surface area contributed by atoms with Gasteiger partial charge in [-0.1, -0.05) is 0 Å². The van der Waals surface area contributed by atoms with E-state index >= 15 is 0 Å². The summed E-state index contributed by atoms with van der Waals surface area (Å²) in [6.45, 7) is 3.78. The minimum Gasteiger partial charge on any atom is -0.479 e. The molecule has 3 fully saturated rings. The van der Waals surface area contributed by atoms with Gasteiger partial charge >= 0.3 is 18.0 Å². The Labute approximate surface area is 208 Å². The molecule has 0 bridgehead atoms. The van der Waals surface area contributed by atoms with Crippen molar-refractivity contribution in [3.8, 4) is 6.07 Å². The third-order valence-corrected chi connectivity index (χ3v) is 6.85. The average molecular weight is 516 g/mol. The molecule has 3 amide bonds. The summed E-state index contributed by atoms with van der Waals surface area (Å²) in [5, 5.41) is 45.0. The van der Waals surface area contributed by atoms with Crippen LogP contribution in [0.3, 0.4) is 0 Å². The number of aliphatic carboxylic acids is 2. The highest BCUT2D eigenvalue weighted by Gasteiger charge is 2.48. The summed E-state index contributed by atoms with van der Waals surface area (Å²) in [5.74, 6) is -2.86. The lowest BCUT2D eigenvalue weighted by molar-refractivity contribution is -0.165. The first kappa shape index (κ1) is 29.2. The molecule has 3 unspecified atom stereocenters. The quantitative estimate of drug-likeness (QED) is 0.284. The number of hydrogen-bond donors (Lipinski definition) is 5. The van der Waals surface area contributed by atoms with Crippen molar-refractivity contribution >= 4 is 23.9 Å². The molecule has 0 aromatic carbocycles. The number of urea groups is 1. The van der Waals surface area contributed by atoms with Crippen molar-refractivity contribution < 1.29 is 44.0 Å². The van der Waals surface area contributed by atoms with Gasteiger partial charge in [0.2, 0.25) is 5.91 Å². The Bertz CT molecular complexity index is 864. The first-order valence-corrected chi connectivity index (χ1v) is 11.5. The Hall–Kier alpha value is -3.02. The van der Waals surface area contributed by atoms with Gasteiger partial charge in [-0.15, -0.1) is 0 Å². The molecule has 7 atom stereocenters. The molecule has 14 heteroatoms. The molecule has 13 nitrogen and oxygen atoms in total. The molecule has 0 radical (unpaired) electrons. The number of aliphatic hydroxyl groups is 2. The van der Waals surface area contributed by atoms with Crippen molar-refractivity contribution in [3.05, 3.63) is 0 Å². The summed E-state index contributed by atoms with van der Waals surface area (Å²) in [5.41, 5.74) is -0.158. The van der Waals surface area contributed by atoms with Crippen LogP contribution in [0.4, 0.5) is 9.18 Å². The third kappa shape index (κ3) is 7.02. The summed E-state index contributed by atoms with van der Waals surface area (Å²) in [7, 11) is 3.53. The fraction of sp³-hybridized carbons (Fsp3) is 0.773. The van der Waals surface area contributed by atoms with Crippen molar-refractivity contribution in [2.45, 2.75) is 56.1 Å². The minimum atomic E-state index is -2.27. The van der Waals surface area contributed by atoms with Crippen LogP contribution < -0.4 is 5.32 Å². The predicted molar refractivity (Wildman–Crippen MR) is 121 cm³/mol. The van der Waals surface area contributed by atoms with Crippen LogP contribution >= 0.6 is 0 Å². The van der Waals surface area contributed by atoms with Crippen LogP contribution in [0.15, 0.2) is 0 Å². The normalized spacial score (nSPS) is 30.5. The number of likely N-dealkylation sites (tertiary alicyclic amines) is 2. The standard InChI is InChI=1S/C18H28FN5O2.C4H6O6/c1-18(21-8-16(25)24-11-14(19)4-15(24)7-20)5-12-9-23(10-13(12)6-18)17(26)22(2)3;5-1(3(7)8)2(6)4(9)10/h12-15,21H,4-6,8-11H2,1-3H3;1-2,5-6H,(H,7,8)(H,9,10)/t12-,13+,14-,15-,18?;/m0./s1.